The Labute approximate surface area is 174 Å². The van der Waals surface area contributed by atoms with E-state index in [-0.39, 0.29) is 23.8 Å². The summed E-state index contributed by atoms with van der Waals surface area (Å²) in [6.45, 7) is 3.44. The first-order valence-corrected chi connectivity index (χ1v) is 9.85. The van der Waals surface area contributed by atoms with Crippen LogP contribution >= 0.6 is 11.3 Å². The molecule has 1 aromatic carbocycles. The minimum atomic E-state index is -1.18. The van der Waals surface area contributed by atoms with Crippen LogP contribution in [0.15, 0.2) is 51.7 Å². The third-order valence-electron chi connectivity index (χ3n) is 4.67. The summed E-state index contributed by atoms with van der Waals surface area (Å²) >= 11 is 1.16. The number of nitrogens with zero attached hydrogens (tertiary/aromatic N) is 2. The SMILES string of the molecule is Cc1c(C(=O)Nc2ccccc2)sc2nc(C)n(Cc3ccc(C(=O)O)o3)c(=O)c12. The predicted molar refractivity (Wildman–Crippen MR) is 113 cm³/mol. The molecule has 8 nitrogen and oxygen atoms in total. The quantitative estimate of drug-likeness (QED) is 0.506. The van der Waals surface area contributed by atoms with E-state index in [0.717, 1.165) is 11.3 Å². The average molecular weight is 423 g/mol. The molecule has 152 valence electrons. The highest BCUT2D eigenvalue weighted by molar-refractivity contribution is 7.20. The summed E-state index contributed by atoms with van der Waals surface area (Å²) in [6.07, 6.45) is 0. The van der Waals surface area contributed by atoms with E-state index in [4.69, 9.17) is 9.52 Å². The molecule has 9 heteroatoms. The molecule has 0 bridgehead atoms. The molecule has 0 unspecified atom stereocenters. The van der Waals surface area contributed by atoms with Gasteiger partial charge in [-0.05, 0) is 43.7 Å². The van der Waals surface area contributed by atoms with Crippen LogP contribution in [0, 0.1) is 13.8 Å². The molecule has 0 saturated carbocycles. The Hall–Kier alpha value is -3.72. The van der Waals surface area contributed by atoms with Gasteiger partial charge in [-0.25, -0.2) is 9.78 Å². The second-order valence-electron chi connectivity index (χ2n) is 6.68. The summed E-state index contributed by atoms with van der Waals surface area (Å²) in [5.74, 6) is -0.911. The van der Waals surface area contributed by atoms with Crippen LogP contribution in [-0.2, 0) is 6.54 Å². The summed E-state index contributed by atoms with van der Waals surface area (Å²) in [4.78, 5) is 42.3. The first-order valence-electron chi connectivity index (χ1n) is 9.04. The van der Waals surface area contributed by atoms with Crippen molar-refractivity contribution in [2.24, 2.45) is 0 Å². The molecular formula is C21H17N3O5S. The van der Waals surface area contributed by atoms with Gasteiger partial charge in [0.15, 0.2) is 0 Å². The summed E-state index contributed by atoms with van der Waals surface area (Å²) in [7, 11) is 0. The van der Waals surface area contributed by atoms with Crippen LogP contribution in [0.5, 0.6) is 0 Å². The molecule has 0 atom stereocenters. The molecule has 0 fully saturated rings. The van der Waals surface area contributed by atoms with E-state index in [1.54, 1.807) is 26.0 Å². The lowest BCUT2D eigenvalue weighted by Gasteiger charge is -2.08. The lowest BCUT2D eigenvalue weighted by molar-refractivity contribution is 0.0660. The molecule has 1 amide bonds. The zero-order valence-electron chi connectivity index (χ0n) is 16.1. The number of carboxylic acids is 1. The van der Waals surface area contributed by atoms with Gasteiger partial charge in [0.2, 0.25) is 5.76 Å². The van der Waals surface area contributed by atoms with Gasteiger partial charge in [0.05, 0.1) is 16.8 Å². The Morgan fingerprint density at radius 1 is 1.17 bits per heavy atom. The molecule has 0 saturated heterocycles. The number of para-hydroxylation sites is 1. The van der Waals surface area contributed by atoms with Crippen molar-refractivity contribution in [2.45, 2.75) is 20.4 Å². The van der Waals surface area contributed by atoms with Gasteiger partial charge in [-0.1, -0.05) is 18.2 Å². The van der Waals surface area contributed by atoms with Gasteiger partial charge in [-0.3, -0.25) is 14.2 Å². The molecule has 30 heavy (non-hydrogen) atoms. The summed E-state index contributed by atoms with van der Waals surface area (Å²) in [5.41, 5.74) is 0.909. The Bertz CT molecular complexity index is 1330. The van der Waals surface area contributed by atoms with Gasteiger partial charge in [0, 0.05) is 5.69 Å². The highest BCUT2D eigenvalue weighted by Gasteiger charge is 2.21. The maximum Gasteiger partial charge on any atom is 0.371 e. The van der Waals surface area contributed by atoms with E-state index >= 15 is 0 Å². The number of amides is 1. The lowest BCUT2D eigenvalue weighted by Crippen LogP contribution is -2.24. The molecule has 3 aromatic heterocycles. The Balaban J connectivity index is 1.72. The maximum absolute atomic E-state index is 13.1. The molecule has 3 heterocycles. The number of nitrogens with one attached hydrogen (secondary N) is 1. The Kier molecular flexibility index (Phi) is 4.96. The van der Waals surface area contributed by atoms with E-state index in [1.807, 2.05) is 18.2 Å². The molecule has 0 radical (unpaired) electrons. The number of aromatic nitrogens is 2. The zero-order chi connectivity index (χ0) is 21.4. The molecule has 4 rings (SSSR count). The van der Waals surface area contributed by atoms with Crippen LogP contribution in [0.1, 0.15) is 37.4 Å². The number of fused-ring (bicyclic) bond motifs is 1. The molecule has 0 aliphatic carbocycles. The number of rotatable bonds is 5. The first kappa shape index (κ1) is 19.6. The second-order valence-corrected chi connectivity index (χ2v) is 7.68. The highest BCUT2D eigenvalue weighted by Crippen LogP contribution is 2.28. The van der Waals surface area contributed by atoms with Crippen LogP contribution in [0.25, 0.3) is 10.2 Å². The molecule has 4 aromatic rings. The number of aromatic carboxylic acids is 1. The number of benzene rings is 1. The van der Waals surface area contributed by atoms with Crippen LogP contribution in [0.4, 0.5) is 5.69 Å². The number of hydrogen-bond acceptors (Lipinski definition) is 6. The smallest absolute Gasteiger partial charge is 0.371 e. The fourth-order valence-electron chi connectivity index (χ4n) is 3.16. The minimum Gasteiger partial charge on any atom is -0.475 e. The number of aryl methyl sites for hydroxylation is 2. The van der Waals surface area contributed by atoms with E-state index in [1.165, 1.54) is 16.7 Å². The van der Waals surface area contributed by atoms with Crippen molar-refractivity contribution in [1.29, 1.82) is 0 Å². The van der Waals surface area contributed by atoms with Crippen LogP contribution < -0.4 is 10.9 Å². The van der Waals surface area contributed by atoms with Gasteiger partial charge in [-0.15, -0.1) is 11.3 Å². The number of furan rings is 1. The average Bonchev–Trinajstić information content (AvgIpc) is 3.31. The number of carboxylic acid groups (broad SMARTS) is 1. The number of carbonyl (C=O) groups excluding carboxylic acids is 1. The third-order valence-corrected chi connectivity index (χ3v) is 5.85. The third kappa shape index (κ3) is 3.50. The molecule has 2 N–H and O–H groups in total. The van der Waals surface area contributed by atoms with Gasteiger partial charge in [-0.2, -0.15) is 0 Å². The lowest BCUT2D eigenvalue weighted by atomic mass is 10.2. The fourth-order valence-corrected chi connectivity index (χ4v) is 4.28. The van der Waals surface area contributed by atoms with Gasteiger partial charge < -0.3 is 14.8 Å². The number of anilines is 1. The summed E-state index contributed by atoms with van der Waals surface area (Å²) < 4.78 is 6.67. The highest BCUT2D eigenvalue weighted by atomic mass is 32.1. The molecule has 0 spiro atoms. The number of thiophene rings is 1. The molecule has 0 aliphatic rings. The zero-order valence-corrected chi connectivity index (χ0v) is 16.9. The van der Waals surface area contributed by atoms with E-state index in [9.17, 15) is 14.4 Å². The van der Waals surface area contributed by atoms with E-state index < -0.39 is 5.97 Å². The van der Waals surface area contributed by atoms with Crippen molar-refractivity contribution in [3.8, 4) is 0 Å². The van der Waals surface area contributed by atoms with Crippen molar-refractivity contribution < 1.29 is 19.1 Å². The van der Waals surface area contributed by atoms with Crippen LogP contribution in [0.2, 0.25) is 0 Å². The minimum absolute atomic E-state index is 0.0434. The van der Waals surface area contributed by atoms with Gasteiger partial charge in [0.1, 0.15) is 16.4 Å². The van der Waals surface area contributed by atoms with Crippen molar-refractivity contribution in [1.82, 2.24) is 9.55 Å². The number of hydrogen-bond donors (Lipinski definition) is 2. The Morgan fingerprint density at radius 3 is 2.57 bits per heavy atom. The monoisotopic (exact) mass is 423 g/mol. The largest absolute Gasteiger partial charge is 0.475 e. The second kappa shape index (κ2) is 7.60. The molecule has 0 aliphatic heterocycles. The normalized spacial score (nSPS) is 11.0. The topological polar surface area (TPSA) is 114 Å². The van der Waals surface area contributed by atoms with E-state index in [0.29, 0.717) is 37.9 Å². The van der Waals surface area contributed by atoms with Crippen molar-refractivity contribution in [3.63, 3.8) is 0 Å². The number of carbonyl (C=O) groups is 2. The van der Waals surface area contributed by atoms with Crippen molar-refractivity contribution in [2.75, 3.05) is 5.32 Å². The first-order chi connectivity index (χ1) is 14.3. The maximum atomic E-state index is 13.1. The van der Waals surface area contributed by atoms with Crippen molar-refractivity contribution >= 4 is 39.1 Å². The summed E-state index contributed by atoms with van der Waals surface area (Å²) in [6, 6.07) is 11.9. The standard InChI is InChI=1S/C21H17N3O5S/c1-11-16-19(30-17(11)18(25)23-13-6-4-3-5-7-13)22-12(2)24(20(16)26)10-14-8-9-15(29-14)21(27)28/h3-9H,10H2,1-2H3,(H,23,25)(H,27,28). The van der Waals surface area contributed by atoms with Crippen LogP contribution in [0.3, 0.4) is 0 Å². The van der Waals surface area contributed by atoms with Crippen molar-refractivity contribution in [3.05, 3.63) is 80.6 Å². The predicted octanol–water partition coefficient (Wildman–Crippen LogP) is 3.67. The fraction of sp³-hybridized carbons (Fsp3) is 0.143. The van der Waals surface area contributed by atoms with Gasteiger partial charge in [0.25, 0.3) is 11.5 Å². The molecular weight excluding hydrogens is 406 g/mol. The van der Waals surface area contributed by atoms with Crippen LogP contribution in [-0.4, -0.2) is 26.5 Å². The van der Waals surface area contributed by atoms with Gasteiger partial charge >= 0.3 is 5.97 Å². The Morgan fingerprint density at radius 2 is 1.90 bits per heavy atom. The van der Waals surface area contributed by atoms with E-state index in [2.05, 4.69) is 10.3 Å². The summed E-state index contributed by atoms with van der Waals surface area (Å²) in [5, 5.41) is 12.2.